The monoisotopic (exact) mass is 648 g/mol. The van der Waals surface area contributed by atoms with E-state index in [2.05, 4.69) is 182 Å². The molecule has 0 atom stereocenters. The van der Waals surface area contributed by atoms with Gasteiger partial charge in [-0.15, -0.1) is 0 Å². The topological polar surface area (TPSA) is 13.1 Å². The summed E-state index contributed by atoms with van der Waals surface area (Å²) < 4.78 is 6.40. The first-order valence-electron chi connectivity index (χ1n) is 17.5. The second kappa shape index (κ2) is 12.0. The first-order valence-corrected chi connectivity index (χ1v) is 17.5. The summed E-state index contributed by atoms with van der Waals surface area (Å²) in [4.78, 5) is 0. The molecule has 0 N–H and O–H groups in total. The third kappa shape index (κ3) is 4.94. The van der Waals surface area contributed by atoms with Crippen molar-refractivity contribution < 1.29 is 4.42 Å². The van der Waals surface area contributed by atoms with Crippen molar-refractivity contribution in [1.82, 2.24) is 0 Å². The summed E-state index contributed by atoms with van der Waals surface area (Å²) in [5.41, 5.74) is 13.8. The summed E-state index contributed by atoms with van der Waals surface area (Å²) in [5.74, 6) is 0. The molecule has 1 heteroatoms. The summed E-state index contributed by atoms with van der Waals surface area (Å²) in [5, 5.41) is 7.26. The molecule has 0 radical (unpaired) electrons. The van der Waals surface area contributed by atoms with Crippen LogP contribution in [-0.4, -0.2) is 0 Å². The standard InChI is InChI=1S/C50H32O/c1-3-14-33(15-4-1)37-30-38(34-16-5-2-6-17-34)32-39(31-37)49-44-21-9-7-19-42(44)48(43-20-8-10-22-45(43)49)36-28-26-35(27-29-36)40-23-13-24-46-41-18-11-12-25-47(41)51-50(40)46/h1-32H. The fourth-order valence-electron chi connectivity index (χ4n) is 7.91. The Morgan fingerprint density at radius 1 is 0.255 bits per heavy atom. The van der Waals surface area contributed by atoms with Crippen LogP contribution in [0.1, 0.15) is 0 Å². The lowest BCUT2D eigenvalue weighted by Crippen LogP contribution is -1.92. The number of para-hydroxylation sites is 2. The van der Waals surface area contributed by atoms with Crippen LogP contribution in [-0.2, 0) is 0 Å². The Morgan fingerprint density at radius 2 is 0.686 bits per heavy atom. The molecule has 0 spiro atoms. The zero-order valence-corrected chi connectivity index (χ0v) is 27.9. The van der Waals surface area contributed by atoms with Crippen LogP contribution < -0.4 is 0 Å². The van der Waals surface area contributed by atoms with Crippen molar-refractivity contribution in [3.63, 3.8) is 0 Å². The van der Waals surface area contributed by atoms with E-state index in [4.69, 9.17) is 4.42 Å². The smallest absolute Gasteiger partial charge is 0.143 e. The minimum Gasteiger partial charge on any atom is -0.455 e. The van der Waals surface area contributed by atoms with E-state index in [0.717, 1.165) is 33.1 Å². The van der Waals surface area contributed by atoms with Crippen LogP contribution >= 0.6 is 0 Å². The van der Waals surface area contributed by atoms with E-state index in [1.54, 1.807) is 0 Å². The summed E-state index contributed by atoms with van der Waals surface area (Å²) >= 11 is 0. The van der Waals surface area contributed by atoms with Crippen LogP contribution in [0.4, 0.5) is 0 Å². The highest BCUT2D eigenvalue weighted by atomic mass is 16.3. The molecule has 0 aliphatic carbocycles. The molecule has 51 heavy (non-hydrogen) atoms. The van der Waals surface area contributed by atoms with Crippen molar-refractivity contribution >= 4 is 43.5 Å². The van der Waals surface area contributed by atoms with Crippen LogP contribution in [0.3, 0.4) is 0 Å². The Balaban J connectivity index is 1.18. The van der Waals surface area contributed by atoms with Gasteiger partial charge in [0.2, 0.25) is 0 Å². The molecular weight excluding hydrogens is 617 g/mol. The maximum absolute atomic E-state index is 6.40. The fourth-order valence-corrected chi connectivity index (χ4v) is 7.91. The van der Waals surface area contributed by atoms with Gasteiger partial charge in [0.05, 0.1) is 0 Å². The van der Waals surface area contributed by atoms with Gasteiger partial charge >= 0.3 is 0 Å². The lowest BCUT2D eigenvalue weighted by Gasteiger charge is -2.19. The normalized spacial score (nSPS) is 11.5. The second-order valence-electron chi connectivity index (χ2n) is 13.2. The van der Waals surface area contributed by atoms with Crippen molar-refractivity contribution in [1.29, 1.82) is 0 Å². The Morgan fingerprint density at radius 3 is 1.25 bits per heavy atom. The molecule has 1 heterocycles. The van der Waals surface area contributed by atoms with Gasteiger partial charge < -0.3 is 4.42 Å². The van der Waals surface area contributed by atoms with Crippen LogP contribution in [0.5, 0.6) is 0 Å². The van der Waals surface area contributed by atoms with E-state index in [-0.39, 0.29) is 0 Å². The third-order valence-corrected chi connectivity index (χ3v) is 10.3. The SMILES string of the molecule is c1ccc(-c2cc(-c3ccccc3)cc(-c3c4ccccc4c(-c4ccc(-c5cccc6c5oc5ccccc56)cc4)c4ccccc34)c2)cc1. The zero-order chi connectivity index (χ0) is 33.7. The second-order valence-corrected chi connectivity index (χ2v) is 13.2. The molecule has 0 amide bonds. The molecule has 9 aromatic carbocycles. The van der Waals surface area contributed by atoms with Gasteiger partial charge in [-0.2, -0.15) is 0 Å². The van der Waals surface area contributed by atoms with Gasteiger partial charge in [-0.25, -0.2) is 0 Å². The number of rotatable bonds is 5. The number of fused-ring (bicyclic) bond motifs is 5. The van der Waals surface area contributed by atoms with Crippen molar-refractivity contribution in [3.05, 3.63) is 194 Å². The Hall–Kier alpha value is -6.70. The van der Waals surface area contributed by atoms with Crippen molar-refractivity contribution in [2.45, 2.75) is 0 Å². The zero-order valence-electron chi connectivity index (χ0n) is 27.9. The highest BCUT2D eigenvalue weighted by molar-refractivity contribution is 6.21. The summed E-state index contributed by atoms with van der Waals surface area (Å²) in [6.07, 6.45) is 0. The van der Waals surface area contributed by atoms with Gasteiger partial charge in [0.25, 0.3) is 0 Å². The van der Waals surface area contributed by atoms with Crippen molar-refractivity contribution in [2.75, 3.05) is 0 Å². The largest absolute Gasteiger partial charge is 0.455 e. The molecule has 10 rings (SSSR count). The van der Waals surface area contributed by atoms with Crippen LogP contribution in [0.2, 0.25) is 0 Å². The van der Waals surface area contributed by atoms with Gasteiger partial charge in [0.1, 0.15) is 11.2 Å². The first kappa shape index (κ1) is 29.2. The van der Waals surface area contributed by atoms with Crippen LogP contribution in [0.25, 0.3) is 99.1 Å². The molecular formula is C50H32O. The number of hydrogen-bond acceptors (Lipinski definition) is 1. The van der Waals surface area contributed by atoms with E-state index >= 15 is 0 Å². The minimum absolute atomic E-state index is 0.916. The summed E-state index contributed by atoms with van der Waals surface area (Å²) in [6, 6.07) is 70.0. The Kier molecular flexibility index (Phi) is 6.89. The number of hydrogen-bond donors (Lipinski definition) is 0. The molecule has 10 aromatic rings. The minimum atomic E-state index is 0.916. The first-order chi connectivity index (χ1) is 25.3. The maximum Gasteiger partial charge on any atom is 0.143 e. The molecule has 1 nitrogen and oxygen atoms in total. The molecule has 0 aliphatic rings. The molecule has 0 aliphatic heterocycles. The molecule has 0 saturated carbocycles. The van der Waals surface area contributed by atoms with E-state index in [1.807, 2.05) is 12.1 Å². The van der Waals surface area contributed by atoms with Crippen LogP contribution in [0.15, 0.2) is 199 Å². The maximum atomic E-state index is 6.40. The van der Waals surface area contributed by atoms with Gasteiger partial charge in [0, 0.05) is 16.3 Å². The van der Waals surface area contributed by atoms with Crippen LogP contribution in [0, 0.1) is 0 Å². The van der Waals surface area contributed by atoms with E-state index in [9.17, 15) is 0 Å². The average molecular weight is 649 g/mol. The van der Waals surface area contributed by atoms with Gasteiger partial charge in [0.15, 0.2) is 0 Å². The molecule has 0 bridgehead atoms. The lowest BCUT2D eigenvalue weighted by atomic mass is 9.84. The van der Waals surface area contributed by atoms with Crippen molar-refractivity contribution in [2.24, 2.45) is 0 Å². The summed E-state index contributed by atoms with van der Waals surface area (Å²) in [6.45, 7) is 0. The Bertz CT molecular complexity index is 2760. The summed E-state index contributed by atoms with van der Waals surface area (Å²) in [7, 11) is 0. The number of furan rings is 1. The molecule has 0 unspecified atom stereocenters. The molecule has 238 valence electrons. The quantitative estimate of drug-likeness (QED) is 0.169. The van der Waals surface area contributed by atoms with E-state index in [0.29, 0.717) is 0 Å². The lowest BCUT2D eigenvalue weighted by molar-refractivity contribution is 0.670. The third-order valence-electron chi connectivity index (χ3n) is 10.3. The highest BCUT2D eigenvalue weighted by Crippen LogP contribution is 2.46. The van der Waals surface area contributed by atoms with Crippen molar-refractivity contribution in [3.8, 4) is 55.6 Å². The predicted octanol–water partition coefficient (Wildman–Crippen LogP) is 14.2. The average Bonchev–Trinajstić information content (AvgIpc) is 3.60. The molecule has 0 saturated heterocycles. The van der Waals surface area contributed by atoms with E-state index < -0.39 is 0 Å². The van der Waals surface area contributed by atoms with Gasteiger partial charge in [-0.05, 0) is 95.9 Å². The fraction of sp³-hybridized carbons (Fsp3) is 0. The van der Waals surface area contributed by atoms with Gasteiger partial charge in [-0.1, -0.05) is 170 Å². The van der Waals surface area contributed by atoms with Gasteiger partial charge in [-0.3, -0.25) is 0 Å². The molecule has 1 aromatic heterocycles. The predicted molar refractivity (Wildman–Crippen MR) is 216 cm³/mol. The molecule has 0 fully saturated rings. The number of benzene rings is 9. The van der Waals surface area contributed by atoms with E-state index in [1.165, 1.54) is 66.1 Å². The Labute approximate surface area is 296 Å². The highest BCUT2D eigenvalue weighted by Gasteiger charge is 2.19.